The number of anilines is 2. The van der Waals surface area contributed by atoms with Crippen molar-refractivity contribution in [2.45, 2.75) is 30.8 Å². The lowest BCUT2D eigenvalue weighted by atomic mass is 10.1. The maximum atomic E-state index is 11.5. The fourth-order valence-electron chi connectivity index (χ4n) is 2.55. The van der Waals surface area contributed by atoms with E-state index in [1.54, 1.807) is 18.2 Å². The van der Waals surface area contributed by atoms with Gasteiger partial charge in [-0.1, -0.05) is 0 Å². The van der Waals surface area contributed by atoms with Crippen LogP contribution in [0, 0.1) is 0 Å². The van der Waals surface area contributed by atoms with Gasteiger partial charge in [-0.3, -0.25) is 0 Å². The van der Waals surface area contributed by atoms with Crippen LogP contribution in [0.5, 0.6) is 0 Å². The Kier molecular flexibility index (Phi) is 4.55. The number of nitrogens with zero attached hydrogens (tertiary/aromatic N) is 1. The zero-order chi connectivity index (χ0) is 14.8. The molecule has 1 fully saturated rings. The number of hydrogen-bond donors (Lipinski definition) is 1. The smallest absolute Gasteiger partial charge is 0.175 e. The highest BCUT2D eigenvalue weighted by Crippen LogP contribution is 2.29. The first-order chi connectivity index (χ1) is 9.41. The van der Waals surface area contributed by atoms with Gasteiger partial charge in [0.2, 0.25) is 0 Å². The molecule has 1 aliphatic rings. The molecule has 20 heavy (non-hydrogen) atoms. The predicted molar refractivity (Wildman–Crippen MR) is 80.8 cm³/mol. The molecule has 0 radical (unpaired) electrons. The van der Waals surface area contributed by atoms with E-state index in [4.69, 9.17) is 10.5 Å². The van der Waals surface area contributed by atoms with E-state index in [9.17, 15) is 8.42 Å². The molecule has 1 heterocycles. The minimum absolute atomic E-state index is 0.267. The molecular weight excluding hydrogens is 276 g/mol. The lowest BCUT2D eigenvalue weighted by Crippen LogP contribution is -2.37. The summed E-state index contributed by atoms with van der Waals surface area (Å²) in [6.07, 6.45) is 3.46. The SMILES string of the molecule is CCOC1CCN(c2ccc(S(C)(=O)=O)cc2N)CC1. The van der Waals surface area contributed by atoms with Crippen molar-refractivity contribution in [3.8, 4) is 0 Å². The number of piperidine rings is 1. The third-order valence-corrected chi connectivity index (χ3v) is 4.72. The van der Waals surface area contributed by atoms with Crippen LogP contribution in [0.2, 0.25) is 0 Å². The van der Waals surface area contributed by atoms with Gasteiger partial charge in [-0.25, -0.2) is 8.42 Å². The molecule has 0 aromatic heterocycles. The summed E-state index contributed by atoms with van der Waals surface area (Å²) in [4.78, 5) is 2.46. The van der Waals surface area contributed by atoms with Crippen LogP contribution in [0.25, 0.3) is 0 Å². The molecule has 1 aromatic carbocycles. The maximum Gasteiger partial charge on any atom is 0.175 e. The summed E-state index contributed by atoms with van der Waals surface area (Å²) in [5.41, 5.74) is 7.43. The first-order valence-corrected chi connectivity index (χ1v) is 8.77. The van der Waals surface area contributed by atoms with Crippen molar-refractivity contribution in [3.63, 3.8) is 0 Å². The molecule has 0 saturated carbocycles. The number of nitrogen functional groups attached to an aromatic ring is 1. The molecule has 0 spiro atoms. The van der Waals surface area contributed by atoms with Crippen molar-refractivity contribution in [3.05, 3.63) is 18.2 Å². The Morgan fingerprint density at radius 2 is 2.00 bits per heavy atom. The minimum atomic E-state index is -3.21. The summed E-state index contributed by atoms with van der Waals surface area (Å²) in [5.74, 6) is 0. The van der Waals surface area contributed by atoms with Crippen LogP contribution in [0.3, 0.4) is 0 Å². The van der Waals surface area contributed by atoms with Crippen molar-refractivity contribution in [1.29, 1.82) is 0 Å². The van der Waals surface area contributed by atoms with Gasteiger partial charge >= 0.3 is 0 Å². The Balaban J connectivity index is 2.11. The Morgan fingerprint density at radius 1 is 1.35 bits per heavy atom. The Bertz CT molecular complexity index is 564. The Labute approximate surface area is 120 Å². The molecule has 0 amide bonds. The van der Waals surface area contributed by atoms with E-state index in [0.29, 0.717) is 11.8 Å². The van der Waals surface area contributed by atoms with E-state index in [2.05, 4.69) is 4.90 Å². The number of hydrogen-bond acceptors (Lipinski definition) is 5. The van der Waals surface area contributed by atoms with Gasteiger partial charge in [-0.15, -0.1) is 0 Å². The molecule has 2 rings (SSSR count). The van der Waals surface area contributed by atoms with Crippen molar-refractivity contribution in [2.75, 3.05) is 36.6 Å². The van der Waals surface area contributed by atoms with Crippen molar-refractivity contribution in [1.82, 2.24) is 0 Å². The van der Waals surface area contributed by atoms with E-state index < -0.39 is 9.84 Å². The maximum absolute atomic E-state index is 11.5. The zero-order valence-corrected chi connectivity index (χ0v) is 12.8. The quantitative estimate of drug-likeness (QED) is 0.856. The highest BCUT2D eigenvalue weighted by Gasteiger charge is 2.21. The molecule has 6 heteroatoms. The number of benzene rings is 1. The molecule has 1 aromatic rings. The summed E-state index contributed by atoms with van der Waals surface area (Å²) in [6, 6.07) is 4.96. The van der Waals surface area contributed by atoms with E-state index in [-0.39, 0.29) is 4.90 Å². The highest BCUT2D eigenvalue weighted by molar-refractivity contribution is 7.90. The summed E-state index contributed by atoms with van der Waals surface area (Å²) in [5, 5.41) is 0. The molecule has 5 nitrogen and oxygen atoms in total. The molecule has 0 atom stereocenters. The molecule has 2 N–H and O–H groups in total. The summed E-state index contributed by atoms with van der Waals surface area (Å²) >= 11 is 0. The first-order valence-electron chi connectivity index (χ1n) is 6.88. The predicted octanol–water partition coefficient (Wildman–Crippen LogP) is 1.68. The van der Waals surface area contributed by atoms with Gasteiger partial charge in [0, 0.05) is 26.0 Å². The topological polar surface area (TPSA) is 72.6 Å². The fourth-order valence-corrected chi connectivity index (χ4v) is 3.21. The molecule has 0 bridgehead atoms. The largest absolute Gasteiger partial charge is 0.397 e. The van der Waals surface area contributed by atoms with Crippen LogP contribution in [-0.2, 0) is 14.6 Å². The molecule has 1 aliphatic heterocycles. The van der Waals surface area contributed by atoms with E-state index in [0.717, 1.165) is 38.2 Å². The third kappa shape index (κ3) is 3.43. The van der Waals surface area contributed by atoms with Crippen LogP contribution >= 0.6 is 0 Å². The number of sulfone groups is 1. The number of nitrogens with two attached hydrogens (primary N) is 1. The third-order valence-electron chi connectivity index (χ3n) is 3.61. The summed E-state index contributed by atoms with van der Waals surface area (Å²) in [6.45, 7) is 4.52. The van der Waals surface area contributed by atoms with Crippen LogP contribution in [0.15, 0.2) is 23.1 Å². The standard InChI is InChI=1S/C14H22N2O3S/c1-3-19-11-6-8-16(9-7-11)14-5-4-12(10-13(14)15)20(2,17)18/h4-5,10-11H,3,6-9,15H2,1-2H3. The van der Waals surface area contributed by atoms with Crippen molar-refractivity contribution < 1.29 is 13.2 Å². The first kappa shape index (κ1) is 15.1. The Morgan fingerprint density at radius 3 is 2.50 bits per heavy atom. The van der Waals surface area contributed by atoms with Crippen molar-refractivity contribution >= 4 is 21.2 Å². The second kappa shape index (κ2) is 6.01. The average Bonchev–Trinajstić information content (AvgIpc) is 2.39. The molecular formula is C14H22N2O3S. The number of rotatable bonds is 4. The monoisotopic (exact) mass is 298 g/mol. The molecule has 0 unspecified atom stereocenters. The van der Waals surface area contributed by atoms with Gasteiger partial charge in [-0.05, 0) is 38.0 Å². The van der Waals surface area contributed by atoms with Gasteiger partial charge in [0.1, 0.15) is 0 Å². The Hall–Kier alpha value is -1.27. The van der Waals surface area contributed by atoms with Gasteiger partial charge in [0.05, 0.1) is 22.4 Å². The summed E-state index contributed by atoms with van der Waals surface area (Å²) < 4.78 is 28.6. The molecule has 112 valence electrons. The second-order valence-corrected chi connectivity index (χ2v) is 7.15. The lowest BCUT2D eigenvalue weighted by Gasteiger charge is -2.34. The van der Waals surface area contributed by atoms with Crippen LogP contribution in [-0.4, -0.2) is 40.5 Å². The fraction of sp³-hybridized carbons (Fsp3) is 0.571. The van der Waals surface area contributed by atoms with Gasteiger partial charge in [0.15, 0.2) is 9.84 Å². The van der Waals surface area contributed by atoms with E-state index in [1.165, 1.54) is 6.26 Å². The summed E-state index contributed by atoms with van der Waals surface area (Å²) in [7, 11) is -3.21. The van der Waals surface area contributed by atoms with Gasteiger partial charge in [0.25, 0.3) is 0 Å². The van der Waals surface area contributed by atoms with E-state index in [1.807, 2.05) is 6.92 Å². The zero-order valence-electron chi connectivity index (χ0n) is 12.0. The molecule has 1 saturated heterocycles. The highest BCUT2D eigenvalue weighted by atomic mass is 32.2. The lowest BCUT2D eigenvalue weighted by molar-refractivity contribution is 0.0459. The van der Waals surface area contributed by atoms with E-state index >= 15 is 0 Å². The van der Waals surface area contributed by atoms with Crippen LogP contribution in [0.4, 0.5) is 11.4 Å². The van der Waals surface area contributed by atoms with Gasteiger partial charge < -0.3 is 15.4 Å². The second-order valence-electron chi connectivity index (χ2n) is 5.13. The average molecular weight is 298 g/mol. The van der Waals surface area contributed by atoms with Crippen LogP contribution < -0.4 is 10.6 Å². The molecule has 0 aliphatic carbocycles. The normalized spacial score (nSPS) is 17.4. The minimum Gasteiger partial charge on any atom is -0.397 e. The van der Waals surface area contributed by atoms with Gasteiger partial charge in [-0.2, -0.15) is 0 Å². The number of ether oxygens (including phenoxy) is 1. The van der Waals surface area contributed by atoms with Crippen LogP contribution in [0.1, 0.15) is 19.8 Å². The van der Waals surface area contributed by atoms with Crippen molar-refractivity contribution in [2.24, 2.45) is 0 Å².